The molecule has 0 radical (unpaired) electrons. The molecular formula is C92H116N20O19S3. The Hall–Kier alpha value is -12.7. The van der Waals surface area contributed by atoms with Crippen molar-refractivity contribution in [1.29, 1.82) is 0 Å². The SMILES string of the molecule is CC[C@@H]1CC(=O)[C@H]([C@@H](C)O)NC(=O)[C@@H](CC(=O)[C@H](C)N)CSCC(=O)N2Cc3cccc(n3)CN3Cc4cccc(n4)CN(Cc4cccc(n4)C2)C(=O)CSC[C@H](NC1=O)C(=O)N[C@@H](Cc1c[nH]c2ccccc12)C(=O)N[C@@H](C(C)C)C(=O)N[C@@H](CC(=O)O)C(=O)NCC(=O)N[C@@H](Cc1c[nH]c2ccccc12)C(=O)N[C@@H](C(C)C)C(=O)N1CCC[C@H]1C(=O)N[C@H](C(N)=O)CSCC3=O. The second-order valence-electron chi connectivity index (χ2n) is 34.7. The second kappa shape index (κ2) is 47.8. The van der Waals surface area contributed by atoms with E-state index in [0.29, 0.717) is 73.5 Å². The molecule has 7 aromatic rings. The van der Waals surface area contributed by atoms with Crippen LogP contribution in [0.5, 0.6) is 0 Å². The van der Waals surface area contributed by atoms with E-state index in [1.807, 2.05) is 0 Å². The average molecular weight is 1900 g/mol. The number of ketones is 2. The minimum absolute atomic E-state index is 0.0341. The number of nitrogens with two attached hydrogens (primary N) is 2. The van der Waals surface area contributed by atoms with E-state index in [-0.39, 0.29) is 94.5 Å². The molecule has 10 bridgehead atoms. The molecule has 42 heteroatoms. The highest BCUT2D eigenvalue weighted by atomic mass is 32.2. The quantitative estimate of drug-likeness (QED) is 0.0722. The van der Waals surface area contributed by atoms with Crippen molar-refractivity contribution in [1.82, 2.24) is 92.4 Å². The summed E-state index contributed by atoms with van der Waals surface area (Å²) in [6.45, 7) is 8.57. The average Bonchev–Trinajstić information content (AvgIpc) is 1.67. The van der Waals surface area contributed by atoms with Crippen LogP contribution in [0.1, 0.15) is 132 Å². The number of nitrogens with one attached hydrogen (secondary N) is 11. The van der Waals surface area contributed by atoms with Gasteiger partial charge in [0.25, 0.3) is 0 Å². The van der Waals surface area contributed by atoms with Crippen LogP contribution in [-0.2, 0) is 134 Å². The highest BCUT2D eigenvalue weighted by Crippen LogP contribution is 2.28. The summed E-state index contributed by atoms with van der Waals surface area (Å²) in [7, 11) is 0. The highest BCUT2D eigenvalue weighted by molar-refractivity contribution is 8.00. The zero-order chi connectivity index (χ0) is 96.7. The topological polar surface area (TPSA) is 574 Å². The van der Waals surface area contributed by atoms with Gasteiger partial charge in [0.2, 0.25) is 82.7 Å². The van der Waals surface area contributed by atoms with E-state index < -0.39 is 228 Å². The van der Waals surface area contributed by atoms with Gasteiger partial charge in [-0.2, -0.15) is 11.8 Å². The number of aliphatic hydroxyl groups excluding tert-OH is 1. The van der Waals surface area contributed by atoms with Crippen LogP contribution in [0.2, 0.25) is 0 Å². The summed E-state index contributed by atoms with van der Waals surface area (Å²) in [6, 6.07) is 14.0. The van der Waals surface area contributed by atoms with Crippen LogP contribution < -0.4 is 59.3 Å². The first kappa shape index (κ1) is 102. The fraction of sp³-hybridized carbons (Fsp3) is 0.478. The number of primary amides is 1. The predicted molar refractivity (Wildman–Crippen MR) is 498 cm³/mol. The van der Waals surface area contributed by atoms with E-state index in [0.717, 1.165) is 35.3 Å². The number of aromatic nitrogens is 5. The molecule has 1 fully saturated rings. The van der Waals surface area contributed by atoms with E-state index in [4.69, 9.17) is 26.4 Å². The van der Waals surface area contributed by atoms with Crippen molar-refractivity contribution in [3.05, 3.63) is 161 Å². The molecule has 13 atom stereocenters. The molecule has 0 unspecified atom stereocenters. The number of carbonyl (C=O) groups is 17. The summed E-state index contributed by atoms with van der Waals surface area (Å²) < 4.78 is 0. The molecule has 4 aliphatic rings. The molecule has 39 nitrogen and oxygen atoms in total. The summed E-state index contributed by atoms with van der Waals surface area (Å²) in [5.41, 5.74) is 16.4. The van der Waals surface area contributed by atoms with Crippen LogP contribution in [0, 0.1) is 23.7 Å². The minimum Gasteiger partial charge on any atom is -0.481 e. The van der Waals surface area contributed by atoms with Gasteiger partial charge in [-0.3, -0.25) is 96.5 Å². The Morgan fingerprint density at radius 1 is 0.485 bits per heavy atom. The van der Waals surface area contributed by atoms with Crippen molar-refractivity contribution in [2.75, 3.05) is 47.6 Å². The lowest BCUT2D eigenvalue weighted by atomic mass is 9.92. The molecule has 1 saturated heterocycles. The molecule has 0 saturated carbocycles. The molecule has 17 N–H and O–H groups in total. The first-order valence-electron chi connectivity index (χ1n) is 44.5. The summed E-state index contributed by atoms with van der Waals surface area (Å²) in [6.07, 6.45) is -0.791. The molecule has 0 spiro atoms. The van der Waals surface area contributed by atoms with Crippen LogP contribution in [-0.4, -0.2) is 269 Å². The van der Waals surface area contributed by atoms with Crippen molar-refractivity contribution >= 4 is 157 Å². The van der Waals surface area contributed by atoms with Crippen LogP contribution in [0.25, 0.3) is 21.8 Å². The fourth-order valence-electron chi connectivity index (χ4n) is 16.2. The molecular weight excluding hydrogens is 1790 g/mol. The smallest absolute Gasteiger partial charge is 0.305 e. The minimum atomic E-state index is -1.96. The Morgan fingerprint density at radius 2 is 0.940 bits per heavy atom. The number of aliphatic carboxylic acids is 1. The van der Waals surface area contributed by atoms with E-state index in [2.05, 4.69) is 57.8 Å². The summed E-state index contributed by atoms with van der Waals surface area (Å²) >= 11 is 2.83. The Balaban J connectivity index is 1.00. The molecule has 134 heavy (non-hydrogen) atoms. The third-order valence-corrected chi connectivity index (χ3v) is 26.8. The van der Waals surface area contributed by atoms with Gasteiger partial charge in [-0.1, -0.05) is 89.2 Å². The van der Waals surface area contributed by atoms with Gasteiger partial charge in [0.15, 0.2) is 5.78 Å². The van der Waals surface area contributed by atoms with Gasteiger partial charge in [-0.05, 0) is 105 Å². The Bertz CT molecular complexity index is 5520. The number of fused-ring (bicyclic) bond motifs is 11. The maximum atomic E-state index is 15.7. The van der Waals surface area contributed by atoms with Gasteiger partial charge in [0.1, 0.15) is 60.2 Å². The Kier molecular flexibility index (Phi) is 36.3. The summed E-state index contributed by atoms with van der Waals surface area (Å²) in [5.74, 6) is -21.1. The van der Waals surface area contributed by atoms with Crippen LogP contribution >= 0.6 is 35.3 Å². The molecule has 5 aromatic heterocycles. The van der Waals surface area contributed by atoms with Crippen molar-refractivity contribution in [2.24, 2.45) is 35.1 Å². The predicted octanol–water partition coefficient (Wildman–Crippen LogP) is 0.993. The van der Waals surface area contributed by atoms with Crippen molar-refractivity contribution in [3.8, 4) is 0 Å². The van der Waals surface area contributed by atoms with E-state index in [9.17, 15) is 58.2 Å². The molecule has 0 aliphatic carbocycles. The van der Waals surface area contributed by atoms with Gasteiger partial charge in [-0.15, -0.1) is 23.5 Å². The number of carboxylic acids is 1. The largest absolute Gasteiger partial charge is 0.481 e. The number of H-pyrrole nitrogens is 2. The first-order valence-corrected chi connectivity index (χ1v) is 48.0. The van der Waals surface area contributed by atoms with Gasteiger partial charge >= 0.3 is 5.97 Å². The highest BCUT2D eigenvalue weighted by Gasteiger charge is 2.43. The number of aromatic amines is 2. The van der Waals surface area contributed by atoms with Crippen molar-refractivity contribution in [2.45, 2.75) is 206 Å². The molecule has 14 amide bonds. The number of aliphatic hydroxyl groups is 1. The molecule has 4 aliphatic heterocycles. The molecule has 11 rings (SSSR count). The summed E-state index contributed by atoms with van der Waals surface area (Å²) in [5, 5.41) is 46.6. The lowest BCUT2D eigenvalue weighted by Gasteiger charge is -2.32. The molecule has 2 aromatic carbocycles. The number of pyridine rings is 3. The summed E-state index contributed by atoms with van der Waals surface area (Å²) in [4.78, 5) is 276. The van der Waals surface area contributed by atoms with E-state index in [1.165, 1.54) is 47.3 Å². The van der Waals surface area contributed by atoms with Crippen LogP contribution in [0.3, 0.4) is 0 Å². The van der Waals surface area contributed by atoms with Crippen molar-refractivity contribution in [3.63, 3.8) is 0 Å². The maximum Gasteiger partial charge on any atom is 0.305 e. The lowest BCUT2D eigenvalue weighted by molar-refractivity contribution is -0.143. The van der Waals surface area contributed by atoms with Gasteiger partial charge in [-0.25, -0.2) is 0 Å². The van der Waals surface area contributed by atoms with Crippen LogP contribution in [0.15, 0.2) is 116 Å². The van der Waals surface area contributed by atoms with Gasteiger partial charge in [0.05, 0.1) is 122 Å². The maximum absolute atomic E-state index is 15.7. The fourth-order valence-corrected chi connectivity index (χ4v) is 19.1. The molecule has 9 heterocycles. The van der Waals surface area contributed by atoms with E-state index in [1.54, 1.807) is 136 Å². The zero-order valence-corrected chi connectivity index (χ0v) is 78.0. The second-order valence-corrected chi connectivity index (χ2v) is 37.8. The monoisotopic (exact) mass is 1900 g/mol. The number of benzene rings is 2. The Labute approximate surface area is 786 Å². The number of rotatable bonds is 14. The lowest BCUT2D eigenvalue weighted by Crippen LogP contribution is -2.61. The normalized spacial score (nSPS) is 23.9. The Morgan fingerprint density at radius 3 is 1.41 bits per heavy atom. The number of thioether (sulfide) groups is 3. The first-order chi connectivity index (χ1) is 64.0. The number of hydrogen-bond acceptors (Lipinski definition) is 25. The van der Waals surface area contributed by atoms with Crippen molar-refractivity contribution < 1.29 is 91.7 Å². The molecule has 716 valence electrons. The zero-order valence-electron chi connectivity index (χ0n) is 75.5. The van der Waals surface area contributed by atoms with Gasteiger partial charge in [0, 0.05) is 89.6 Å². The number of hydrogen-bond donors (Lipinski definition) is 15. The number of amides is 14. The number of nitrogens with zero attached hydrogens (tertiary/aromatic N) is 7. The third-order valence-electron chi connectivity index (χ3n) is 23.6. The number of carboxylic acid groups (broad SMARTS) is 1. The number of carbonyl (C=O) groups excluding carboxylic acids is 16. The van der Waals surface area contributed by atoms with E-state index >= 15 is 33.6 Å². The van der Waals surface area contributed by atoms with Gasteiger partial charge < -0.3 is 99.1 Å². The standard InChI is InChI=1S/C92H116N20O19S3/c1-8-53-31-74(115)82(52(7)113)108-85(124)56(32-73(114)51(6)93)43-132-46-76(117)109-37-57-17-13-19-59(98-57)39-110-40-60-20-15-22-62(100-60)42-111(41-61-21-14-18-58(38-109)99-61)78(119)48-134-45-71(105-84(53)123)89(128)102-68(30-55-35-96-66-26-12-10-24-64(55)66)88(127)106-80(49(2)3)91(130)103-69(33-79(120)121)86(125)97-36-75(116)101-67(29-54-34-95-65-25-11-9-23-63(54)65)87(126)107-81(50(4)5)92(131)112-28-16-27-72(112)90(129)104-70(83(94)122)44-133-47-77(110)118/h9-15,17-26,34-35,49-53,56,67-72,80-82,95-96,113H,8,16,27-33,36-48,93H2,1-7H3,(H2,94,122)(H,97,125)(H,101,116)(H,102,128)(H,103,130)(H,104,129)(H,105,123)(H,106,127)(H,107,126)(H,108,124)(H,120,121)/t51-,52+,53+,56-,67-,68-,69-,70-,71-,72-,80-,81-,82-/m0/s1. The van der Waals surface area contributed by atoms with Crippen LogP contribution in [0.4, 0.5) is 0 Å². The number of Topliss-reactive ketones (excluding diaryl/α,β-unsaturated/α-hetero) is 2. The number of para-hydroxylation sites is 2. The third kappa shape index (κ3) is 28.0.